The first kappa shape index (κ1) is 23.7. The predicted octanol–water partition coefficient (Wildman–Crippen LogP) is 5.33. The molecule has 4 rings (SSSR count). The number of hydrogen-bond acceptors (Lipinski definition) is 6. The second-order valence-electron chi connectivity index (χ2n) is 8.16. The van der Waals surface area contributed by atoms with E-state index in [1.165, 1.54) is 10.6 Å². The number of nitrogens with two attached hydrogens (primary N) is 2. The van der Waals surface area contributed by atoms with Crippen molar-refractivity contribution in [1.82, 2.24) is 14.8 Å². The fourth-order valence-corrected chi connectivity index (χ4v) is 6.17. The highest BCUT2D eigenvalue weighted by Crippen LogP contribution is 2.74. The second-order valence-corrected chi connectivity index (χ2v) is 10.9. The number of ether oxygens (including phenoxy) is 2. The van der Waals surface area contributed by atoms with Crippen molar-refractivity contribution >= 4 is 23.0 Å². The highest BCUT2D eigenvalue weighted by molar-refractivity contribution is 7.77. The third kappa shape index (κ3) is 5.38. The third-order valence-electron chi connectivity index (χ3n) is 5.40. The van der Waals surface area contributed by atoms with E-state index >= 15 is 0 Å². The lowest BCUT2D eigenvalue weighted by Gasteiger charge is -2.14. The molecular formula is C24H31N5O2P2. The van der Waals surface area contributed by atoms with Crippen LogP contribution in [0.15, 0.2) is 64.5 Å². The van der Waals surface area contributed by atoms with E-state index in [1.807, 2.05) is 26.0 Å². The highest BCUT2D eigenvalue weighted by atomic mass is 31.1. The van der Waals surface area contributed by atoms with E-state index in [-0.39, 0.29) is 6.04 Å². The first-order chi connectivity index (χ1) is 15.9. The molecule has 3 heterocycles. The Morgan fingerprint density at radius 1 is 1.33 bits per heavy atom. The lowest BCUT2D eigenvalue weighted by atomic mass is 10.2. The van der Waals surface area contributed by atoms with Gasteiger partial charge < -0.3 is 20.9 Å². The zero-order valence-electron chi connectivity index (χ0n) is 19.3. The molecule has 2 aromatic rings. The van der Waals surface area contributed by atoms with Crippen LogP contribution in [0.3, 0.4) is 0 Å². The number of hydrogen-bond donors (Lipinski definition) is 2. The van der Waals surface area contributed by atoms with Crippen molar-refractivity contribution in [2.75, 3.05) is 12.1 Å². The summed E-state index contributed by atoms with van der Waals surface area (Å²) in [5, 5.41) is 8.30. The molecule has 2 unspecified atom stereocenters. The molecule has 9 heteroatoms. The molecule has 7 nitrogen and oxygen atoms in total. The van der Waals surface area contributed by atoms with Gasteiger partial charge in [0.15, 0.2) is 11.6 Å². The highest BCUT2D eigenvalue weighted by Gasteiger charge is 2.37. The van der Waals surface area contributed by atoms with E-state index in [9.17, 15) is 0 Å². The van der Waals surface area contributed by atoms with E-state index in [1.54, 1.807) is 17.1 Å². The minimum atomic E-state index is -0.433. The Morgan fingerprint density at radius 2 is 2.15 bits per heavy atom. The molecule has 1 fully saturated rings. The SMILES string of the molecule is CCC=C1/C(=C\[C@@H](C)N)P1COc1cnn(-c2cnc(OC3=C(P)CCC=C3)cc2C)c1N. The summed E-state index contributed by atoms with van der Waals surface area (Å²) >= 11 is 0. The molecule has 4 N–H and O–H groups in total. The minimum Gasteiger partial charge on any atom is -0.483 e. The van der Waals surface area contributed by atoms with Crippen LogP contribution in [-0.4, -0.2) is 27.2 Å². The largest absolute Gasteiger partial charge is 0.483 e. The maximum absolute atomic E-state index is 6.38. The molecule has 0 amide bonds. The fraction of sp³-hybridized carbons (Fsp3) is 0.333. The summed E-state index contributed by atoms with van der Waals surface area (Å²) in [4.78, 5) is 4.47. The van der Waals surface area contributed by atoms with Crippen LogP contribution < -0.4 is 20.9 Å². The number of nitrogen functional groups attached to an aromatic ring is 1. The molecular weight excluding hydrogens is 452 g/mol. The van der Waals surface area contributed by atoms with Crippen molar-refractivity contribution in [2.45, 2.75) is 46.1 Å². The third-order valence-corrected chi connectivity index (χ3v) is 8.11. The summed E-state index contributed by atoms with van der Waals surface area (Å²) in [6, 6.07) is 1.93. The smallest absolute Gasteiger partial charge is 0.219 e. The first-order valence-electron chi connectivity index (χ1n) is 11.1. The van der Waals surface area contributed by atoms with Crippen molar-refractivity contribution in [3.05, 3.63) is 70.0 Å². The molecule has 0 spiro atoms. The van der Waals surface area contributed by atoms with Crippen LogP contribution in [0.1, 0.15) is 38.7 Å². The van der Waals surface area contributed by atoms with Gasteiger partial charge in [0.05, 0.1) is 18.1 Å². The quantitative estimate of drug-likeness (QED) is 0.492. The van der Waals surface area contributed by atoms with Crippen molar-refractivity contribution in [1.29, 1.82) is 0 Å². The fourth-order valence-electron chi connectivity index (χ4n) is 3.65. The Balaban J connectivity index is 1.46. The van der Waals surface area contributed by atoms with E-state index in [0.29, 0.717) is 23.8 Å². The van der Waals surface area contributed by atoms with Crippen LogP contribution in [0.4, 0.5) is 5.82 Å². The van der Waals surface area contributed by atoms with Crippen LogP contribution in [-0.2, 0) is 0 Å². The number of aromatic nitrogens is 3. The minimum absolute atomic E-state index is 0.0381. The molecule has 1 saturated heterocycles. The molecule has 2 aliphatic rings. The Labute approximate surface area is 198 Å². The van der Waals surface area contributed by atoms with Gasteiger partial charge in [-0.15, -0.1) is 9.24 Å². The molecule has 1 aliphatic heterocycles. The van der Waals surface area contributed by atoms with Crippen molar-refractivity contribution in [2.24, 2.45) is 5.73 Å². The van der Waals surface area contributed by atoms with Crippen LogP contribution >= 0.6 is 17.2 Å². The summed E-state index contributed by atoms with van der Waals surface area (Å²) in [5.41, 5.74) is 14.1. The topological polar surface area (TPSA) is 101 Å². The number of anilines is 1. The van der Waals surface area contributed by atoms with Gasteiger partial charge in [0.1, 0.15) is 12.1 Å². The zero-order chi connectivity index (χ0) is 23.5. The van der Waals surface area contributed by atoms with Gasteiger partial charge in [-0.3, -0.25) is 0 Å². The first-order valence-corrected chi connectivity index (χ1v) is 13.2. The number of allylic oxidation sites excluding steroid dienone is 6. The Hall–Kier alpha value is -2.46. The molecule has 0 radical (unpaired) electrons. The van der Waals surface area contributed by atoms with Gasteiger partial charge in [-0.05, 0) is 68.6 Å². The monoisotopic (exact) mass is 483 g/mol. The van der Waals surface area contributed by atoms with Gasteiger partial charge in [-0.1, -0.05) is 25.2 Å². The molecule has 1 aliphatic carbocycles. The van der Waals surface area contributed by atoms with E-state index < -0.39 is 7.92 Å². The second kappa shape index (κ2) is 10.2. The molecule has 174 valence electrons. The zero-order valence-corrected chi connectivity index (χ0v) is 21.3. The van der Waals surface area contributed by atoms with Gasteiger partial charge in [0.2, 0.25) is 5.88 Å². The summed E-state index contributed by atoms with van der Waals surface area (Å²) < 4.78 is 13.7. The maximum Gasteiger partial charge on any atom is 0.219 e. The molecule has 2 aromatic heterocycles. The van der Waals surface area contributed by atoms with Crippen LogP contribution in [0.5, 0.6) is 11.6 Å². The number of pyridine rings is 1. The van der Waals surface area contributed by atoms with Crippen molar-refractivity contribution in [3.8, 4) is 17.3 Å². The van der Waals surface area contributed by atoms with Gasteiger partial charge >= 0.3 is 0 Å². The summed E-state index contributed by atoms with van der Waals surface area (Å²) in [7, 11) is 2.31. The molecule has 33 heavy (non-hydrogen) atoms. The average molecular weight is 483 g/mol. The molecule has 3 atom stereocenters. The van der Waals surface area contributed by atoms with E-state index in [4.69, 9.17) is 20.9 Å². The number of rotatable bonds is 8. The van der Waals surface area contributed by atoms with Crippen molar-refractivity contribution in [3.63, 3.8) is 0 Å². The number of nitrogens with zero attached hydrogens (tertiary/aromatic N) is 3. The summed E-state index contributed by atoms with van der Waals surface area (Å²) in [6.45, 7) is 6.11. The van der Waals surface area contributed by atoms with E-state index in [2.05, 4.69) is 44.5 Å². The predicted molar refractivity (Wildman–Crippen MR) is 139 cm³/mol. The summed E-state index contributed by atoms with van der Waals surface area (Å²) in [5.74, 6) is 2.40. The lowest BCUT2D eigenvalue weighted by molar-refractivity contribution is 0.392. The van der Waals surface area contributed by atoms with Crippen LogP contribution in [0.2, 0.25) is 0 Å². The Kier molecular flexibility index (Phi) is 7.33. The summed E-state index contributed by atoms with van der Waals surface area (Å²) in [6.07, 6.45) is 15.5. The Morgan fingerprint density at radius 3 is 2.85 bits per heavy atom. The van der Waals surface area contributed by atoms with Crippen LogP contribution in [0.25, 0.3) is 5.69 Å². The van der Waals surface area contributed by atoms with Gasteiger partial charge in [-0.2, -0.15) is 5.10 Å². The Bertz CT molecular complexity index is 1160. The van der Waals surface area contributed by atoms with Crippen LogP contribution in [0, 0.1) is 6.92 Å². The normalized spacial score (nSPS) is 21.1. The molecule has 0 saturated carbocycles. The number of aryl methyl sites for hydroxylation is 1. The molecule has 0 aromatic carbocycles. The molecule has 0 bridgehead atoms. The van der Waals surface area contributed by atoms with Crippen molar-refractivity contribution < 1.29 is 9.47 Å². The van der Waals surface area contributed by atoms with E-state index in [0.717, 1.165) is 41.6 Å². The van der Waals surface area contributed by atoms with Gasteiger partial charge in [-0.25, -0.2) is 9.67 Å². The standard InChI is InChI=1S/C24H31N5O2P2/c1-4-7-21-22(11-16(3)25)33(21)14-30-19-13-28-29(24(19)26)17-12-27-23(10-15(17)2)31-18-8-5-6-9-20(18)32/h5,7-8,10-13,16H,4,6,9,14,25-26,32H2,1-3H3/b21-7?,22-11+/t16-,33?/m1/s1. The average Bonchev–Trinajstić information content (AvgIpc) is 3.27. The lowest BCUT2D eigenvalue weighted by Crippen LogP contribution is -2.10. The maximum atomic E-state index is 6.38. The van der Waals surface area contributed by atoms with Gasteiger partial charge in [0, 0.05) is 12.1 Å². The van der Waals surface area contributed by atoms with Gasteiger partial charge in [0.25, 0.3) is 0 Å².